The fourth-order valence-electron chi connectivity index (χ4n) is 4.62. The summed E-state index contributed by atoms with van der Waals surface area (Å²) < 4.78 is 2.80. The van der Waals surface area contributed by atoms with Crippen molar-refractivity contribution in [1.82, 2.24) is 29.9 Å². The van der Waals surface area contributed by atoms with E-state index in [0.29, 0.717) is 26.2 Å². The van der Waals surface area contributed by atoms with Gasteiger partial charge in [0.2, 0.25) is 17.7 Å². The molecule has 5 rings (SSSR count). The van der Waals surface area contributed by atoms with Gasteiger partial charge in [-0.1, -0.05) is 22.5 Å². The second-order valence-electron chi connectivity index (χ2n) is 8.77. The number of aromatic nitrogens is 3. The van der Waals surface area contributed by atoms with Gasteiger partial charge >= 0.3 is 0 Å². The van der Waals surface area contributed by atoms with Gasteiger partial charge in [0.1, 0.15) is 6.54 Å². The van der Waals surface area contributed by atoms with Crippen molar-refractivity contribution < 1.29 is 14.4 Å². The molecule has 3 amide bonds. The Morgan fingerprint density at radius 3 is 2.88 bits per heavy atom. The number of amides is 3. The molecule has 1 saturated heterocycles. The highest BCUT2D eigenvalue weighted by molar-refractivity contribution is 9.10. The second-order valence-corrected chi connectivity index (χ2v) is 9.69. The van der Waals surface area contributed by atoms with Gasteiger partial charge in [0, 0.05) is 41.2 Å². The summed E-state index contributed by atoms with van der Waals surface area (Å²) in [6.07, 6.45) is 6.05. The summed E-state index contributed by atoms with van der Waals surface area (Å²) in [5.41, 5.74) is 3.94. The van der Waals surface area contributed by atoms with E-state index in [9.17, 15) is 14.4 Å². The minimum absolute atomic E-state index is 0.0465. The lowest BCUT2D eigenvalue weighted by atomic mass is 10.1. The van der Waals surface area contributed by atoms with E-state index in [4.69, 9.17) is 0 Å². The molecule has 3 aromatic rings. The molecule has 1 fully saturated rings. The average molecular weight is 525 g/mol. The van der Waals surface area contributed by atoms with Crippen LogP contribution in [0.1, 0.15) is 16.8 Å². The van der Waals surface area contributed by atoms with Gasteiger partial charge in [-0.25, -0.2) is 0 Å². The molecule has 176 valence electrons. The average Bonchev–Trinajstić information content (AvgIpc) is 3.39. The van der Waals surface area contributed by atoms with Crippen molar-refractivity contribution in [3.63, 3.8) is 0 Å². The highest BCUT2D eigenvalue weighted by Crippen LogP contribution is 2.27. The van der Waals surface area contributed by atoms with Gasteiger partial charge in [0.25, 0.3) is 0 Å². The number of likely N-dealkylation sites (tertiary alicyclic amines) is 1. The first kappa shape index (κ1) is 22.4. The summed E-state index contributed by atoms with van der Waals surface area (Å²) >= 11 is 3.52. The van der Waals surface area contributed by atoms with E-state index in [1.54, 1.807) is 4.90 Å². The van der Waals surface area contributed by atoms with Crippen LogP contribution in [0.25, 0.3) is 10.9 Å². The third-order valence-corrected chi connectivity index (χ3v) is 6.97. The number of rotatable bonds is 6. The highest BCUT2D eigenvalue weighted by atomic mass is 79.9. The van der Waals surface area contributed by atoms with Crippen molar-refractivity contribution >= 4 is 44.6 Å². The fraction of sp³-hybridized carbons (Fsp3) is 0.333. The predicted octanol–water partition coefficient (Wildman–Crippen LogP) is 1.77. The van der Waals surface area contributed by atoms with E-state index in [1.165, 1.54) is 11.6 Å². The zero-order valence-electron chi connectivity index (χ0n) is 18.6. The molecule has 1 aromatic carbocycles. The molecule has 2 N–H and O–H groups in total. The lowest BCUT2D eigenvalue weighted by molar-refractivity contribution is -0.133. The summed E-state index contributed by atoms with van der Waals surface area (Å²) in [6, 6.07) is 5.81. The van der Waals surface area contributed by atoms with Gasteiger partial charge in [-0.15, -0.1) is 0 Å². The van der Waals surface area contributed by atoms with Gasteiger partial charge in [-0.3, -0.25) is 19.5 Å². The van der Waals surface area contributed by atoms with Crippen LogP contribution in [0.15, 0.2) is 47.7 Å². The minimum Gasteiger partial charge on any atom is -0.348 e. The third kappa shape index (κ3) is 4.37. The molecule has 0 spiro atoms. The second kappa shape index (κ2) is 9.09. The Bertz CT molecular complexity index is 1290. The maximum atomic E-state index is 13.1. The Morgan fingerprint density at radius 1 is 1.26 bits per heavy atom. The SMILES string of the molecule is C=CC(=O)N1CC(NC(=O)Cn2cc(CC(=O)N3CCc4cn[nH]c4C3)c3cc(Br)ccc32)C1. The number of benzene rings is 1. The quantitative estimate of drug-likeness (QED) is 0.479. The molecule has 2 aliphatic heterocycles. The van der Waals surface area contributed by atoms with E-state index < -0.39 is 0 Å². The van der Waals surface area contributed by atoms with Crippen molar-refractivity contribution in [3.05, 3.63) is 64.5 Å². The zero-order valence-corrected chi connectivity index (χ0v) is 20.2. The molecular formula is C24H25BrN6O3. The van der Waals surface area contributed by atoms with Gasteiger partial charge in [-0.2, -0.15) is 5.10 Å². The number of nitrogens with zero attached hydrogens (tertiary/aromatic N) is 4. The first-order valence-electron chi connectivity index (χ1n) is 11.2. The maximum Gasteiger partial charge on any atom is 0.246 e. The van der Waals surface area contributed by atoms with Gasteiger partial charge < -0.3 is 19.7 Å². The Balaban J connectivity index is 1.28. The number of hydrogen-bond acceptors (Lipinski definition) is 4. The minimum atomic E-state index is -0.129. The normalized spacial score (nSPS) is 15.7. The number of fused-ring (bicyclic) bond motifs is 2. The van der Waals surface area contributed by atoms with E-state index in [2.05, 4.69) is 38.0 Å². The summed E-state index contributed by atoms with van der Waals surface area (Å²) in [7, 11) is 0. The third-order valence-electron chi connectivity index (χ3n) is 6.47. The van der Waals surface area contributed by atoms with Gasteiger partial charge in [0.05, 0.1) is 30.9 Å². The molecule has 2 aliphatic rings. The smallest absolute Gasteiger partial charge is 0.246 e. The van der Waals surface area contributed by atoms with E-state index in [0.717, 1.165) is 33.1 Å². The highest BCUT2D eigenvalue weighted by Gasteiger charge is 2.30. The van der Waals surface area contributed by atoms with Crippen molar-refractivity contribution in [2.24, 2.45) is 0 Å². The number of hydrogen-bond donors (Lipinski definition) is 2. The molecule has 0 saturated carbocycles. The molecule has 4 heterocycles. The zero-order chi connectivity index (χ0) is 23.8. The summed E-state index contributed by atoms with van der Waals surface area (Å²) in [4.78, 5) is 40.9. The molecule has 0 aliphatic carbocycles. The number of carbonyl (C=O) groups is 3. The first-order chi connectivity index (χ1) is 16.4. The lowest BCUT2D eigenvalue weighted by Gasteiger charge is -2.38. The van der Waals surface area contributed by atoms with Gasteiger partial charge in [-0.05, 0) is 41.8 Å². The molecule has 10 heteroatoms. The standard InChI is InChI=1S/C24H25BrN6O3/c1-2-23(33)31-11-18(12-31)27-22(32)14-30-10-16(19-8-17(25)3-4-21(19)30)7-24(34)29-6-5-15-9-26-28-20(15)13-29/h2-4,8-10,18H,1,5-7,11-14H2,(H,26,28)(H,27,32). The summed E-state index contributed by atoms with van der Waals surface area (Å²) in [6.45, 7) is 5.80. The monoisotopic (exact) mass is 524 g/mol. The van der Waals surface area contributed by atoms with Gasteiger partial charge in [0.15, 0.2) is 0 Å². The fourth-order valence-corrected chi connectivity index (χ4v) is 4.99. The number of aromatic amines is 1. The van der Waals surface area contributed by atoms with E-state index >= 15 is 0 Å². The topological polar surface area (TPSA) is 103 Å². The van der Waals surface area contributed by atoms with Crippen LogP contribution in [-0.4, -0.2) is 68.0 Å². The number of H-pyrrole nitrogens is 1. The lowest BCUT2D eigenvalue weighted by Crippen LogP contribution is -2.61. The summed E-state index contributed by atoms with van der Waals surface area (Å²) in [5.74, 6) is -0.208. The van der Waals surface area contributed by atoms with E-state index in [-0.39, 0.29) is 36.7 Å². The Hall–Kier alpha value is -3.40. The largest absolute Gasteiger partial charge is 0.348 e. The van der Waals surface area contributed by atoms with Crippen LogP contribution in [0.4, 0.5) is 0 Å². The molecule has 9 nitrogen and oxygen atoms in total. The Kier molecular flexibility index (Phi) is 5.99. The maximum absolute atomic E-state index is 13.1. The molecule has 0 unspecified atom stereocenters. The Morgan fingerprint density at radius 2 is 2.09 bits per heavy atom. The van der Waals surface area contributed by atoms with Crippen molar-refractivity contribution in [2.75, 3.05) is 19.6 Å². The molecule has 0 bridgehead atoms. The predicted molar refractivity (Wildman–Crippen MR) is 130 cm³/mol. The van der Waals surface area contributed by atoms with Crippen LogP contribution >= 0.6 is 15.9 Å². The van der Waals surface area contributed by atoms with Crippen LogP contribution in [0.3, 0.4) is 0 Å². The van der Waals surface area contributed by atoms with Crippen molar-refractivity contribution in [1.29, 1.82) is 0 Å². The van der Waals surface area contributed by atoms with Crippen LogP contribution < -0.4 is 5.32 Å². The van der Waals surface area contributed by atoms with Crippen LogP contribution in [0.5, 0.6) is 0 Å². The first-order valence-corrected chi connectivity index (χ1v) is 12.0. The molecule has 2 aromatic heterocycles. The van der Waals surface area contributed by atoms with Crippen LogP contribution in [0, 0.1) is 0 Å². The Labute approximate surface area is 204 Å². The number of halogens is 1. The molecule has 0 radical (unpaired) electrons. The molecular weight excluding hydrogens is 500 g/mol. The van der Waals surface area contributed by atoms with Crippen molar-refractivity contribution in [3.8, 4) is 0 Å². The molecule has 34 heavy (non-hydrogen) atoms. The van der Waals surface area contributed by atoms with Crippen molar-refractivity contribution in [2.45, 2.75) is 32.0 Å². The number of nitrogens with one attached hydrogen (secondary N) is 2. The molecule has 0 atom stereocenters. The van der Waals surface area contributed by atoms with E-state index in [1.807, 2.05) is 40.1 Å². The van der Waals surface area contributed by atoms with Crippen LogP contribution in [-0.2, 0) is 40.3 Å². The summed E-state index contributed by atoms with van der Waals surface area (Å²) in [5, 5.41) is 11.0. The number of carbonyl (C=O) groups excluding carboxylic acids is 3. The van der Waals surface area contributed by atoms with Crippen LogP contribution in [0.2, 0.25) is 0 Å².